The van der Waals surface area contributed by atoms with Crippen LogP contribution < -0.4 is 4.72 Å². The topological polar surface area (TPSA) is 46.2 Å². The van der Waals surface area contributed by atoms with Crippen molar-refractivity contribution >= 4 is 59.9 Å². The Morgan fingerprint density at radius 1 is 1.33 bits per heavy atom. The van der Waals surface area contributed by atoms with Crippen LogP contribution in [0.2, 0.25) is 0 Å². The zero-order valence-electron chi connectivity index (χ0n) is 10.2. The smallest absolute Gasteiger partial charge is 0.211 e. The predicted octanol–water partition coefficient (Wildman–Crippen LogP) is 4.09. The number of hydrogen-bond acceptors (Lipinski definition) is 3. The van der Waals surface area contributed by atoms with Crippen molar-refractivity contribution in [1.29, 1.82) is 0 Å². The Morgan fingerprint density at radius 2 is 2.00 bits per heavy atom. The summed E-state index contributed by atoms with van der Waals surface area (Å²) < 4.78 is 28.7. The summed E-state index contributed by atoms with van der Waals surface area (Å²) >= 11 is 7.11. The fourth-order valence-corrected chi connectivity index (χ4v) is 5.58. The molecule has 0 aliphatic carbocycles. The van der Waals surface area contributed by atoms with E-state index in [0.29, 0.717) is 11.4 Å². The molecule has 0 spiro atoms. The van der Waals surface area contributed by atoms with Crippen molar-refractivity contribution in [1.82, 2.24) is 4.72 Å². The molecular formula is C11H17BrINO2S2. The van der Waals surface area contributed by atoms with E-state index >= 15 is 0 Å². The van der Waals surface area contributed by atoms with Gasteiger partial charge in [0, 0.05) is 11.4 Å². The van der Waals surface area contributed by atoms with Crippen LogP contribution in [0.4, 0.5) is 0 Å². The molecule has 1 heterocycles. The van der Waals surface area contributed by atoms with Gasteiger partial charge in [-0.2, -0.15) is 0 Å². The normalized spacial score (nSPS) is 11.9. The van der Waals surface area contributed by atoms with Crippen molar-refractivity contribution in [2.24, 2.45) is 0 Å². The maximum absolute atomic E-state index is 12.0. The molecule has 1 aromatic rings. The number of hydrogen-bond donors (Lipinski definition) is 1. The van der Waals surface area contributed by atoms with Gasteiger partial charge in [-0.15, -0.1) is 11.3 Å². The molecule has 104 valence electrons. The van der Waals surface area contributed by atoms with Gasteiger partial charge in [0.25, 0.3) is 0 Å². The number of aryl methyl sites for hydroxylation is 1. The fourth-order valence-electron chi connectivity index (χ4n) is 1.55. The third-order valence-electron chi connectivity index (χ3n) is 2.48. The number of unbranched alkanes of at least 4 members (excludes halogenated alkanes) is 3. The van der Waals surface area contributed by atoms with E-state index in [1.165, 1.54) is 28.6 Å². The highest BCUT2D eigenvalue weighted by atomic mass is 127. The molecule has 0 fully saturated rings. The summed E-state index contributed by atoms with van der Waals surface area (Å²) in [5.41, 5.74) is 0. The van der Waals surface area contributed by atoms with Gasteiger partial charge in [0.1, 0.15) is 0 Å². The van der Waals surface area contributed by atoms with E-state index in [-0.39, 0.29) is 0 Å². The van der Waals surface area contributed by atoms with Crippen LogP contribution in [0.1, 0.15) is 30.6 Å². The van der Waals surface area contributed by atoms with Crippen molar-refractivity contribution in [2.45, 2.75) is 37.5 Å². The van der Waals surface area contributed by atoms with Gasteiger partial charge in [-0.3, -0.25) is 0 Å². The quantitative estimate of drug-likeness (QED) is 0.357. The van der Waals surface area contributed by atoms with Crippen molar-refractivity contribution in [3.63, 3.8) is 0 Å². The predicted molar refractivity (Wildman–Crippen MR) is 89.3 cm³/mol. The second-order valence-electron chi connectivity index (χ2n) is 3.97. The first-order valence-electron chi connectivity index (χ1n) is 5.79. The average molecular weight is 466 g/mol. The number of thiophene rings is 1. The maximum Gasteiger partial charge on any atom is 0.241 e. The SMILES string of the molecule is Cc1sc(Br)cc1S(=O)(=O)NCCCCCCI. The summed E-state index contributed by atoms with van der Waals surface area (Å²) in [6.45, 7) is 2.35. The first-order valence-corrected chi connectivity index (χ1v) is 10.4. The molecule has 0 aliphatic rings. The van der Waals surface area contributed by atoms with Gasteiger partial charge < -0.3 is 0 Å². The van der Waals surface area contributed by atoms with E-state index in [9.17, 15) is 8.42 Å². The molecular weight excluding hydrogens is 449 g/mol. The molecule has 0 bridgehead atoms. The van der Waals surface area contributed by atoms with Crippen LogP contribution in [-0.2, 0) is 10.0 Å². The third kappa shape index (κ3) is 5.44. The van der Waals surface area contributed by atoms with Gasteiger partial charge in [0.05, 0.1) is 8.68 Å². The number of sulfonamides is 1. The molecule has 7 heteroatoms. The van der Waals surface area contributed by atoms with E-state index in [0.717, 1.165) is 21.5 Å². The van der Waals surface area contributed by atoms with Gasteiger partial charge in [-0.25, -0.2) is 13.1 Å². The minimum absolute atomic E-state index is 0.395. The molecule has 0 saturated carbocycles. The van der Waals surface area contributed by atoms with E-state index in [2.05, 4.69) is 43.2 Å². The molecule has 1 N–H and O–H groups in total. The number of alkyl halides is 1. The van der Waals surface area contributed by atoms with Crippen LogP contribution >= 0.6 is 49.9 Å². The largest absolute Gasteiger partial charge is 0.241 e. The molecule has 0 radical (unpaired) electrons. The van der Waals surface area contributed by atoms with Gasteiger partial charge in [-0.05, 0) is 46.2 Å². The summed E-state index contributed by atoms with van der Waals surface area (Å²) in [6.07, 6.45) is 4.37. The Bertz CT molecular complexity index is 473. The van der Waals surface area contributed by atoms with E-state index in [1.54, 1.807) is 6.07 Å². The first kappa shape index (κ1) is 16.9. The van der Waals surface area contributed by atoms with Crippen molar-refractivity contribution in [3.8, 4) is 0 Å². The highest BCUT2D eigenvalue weighted by Crippen LogP contribution is 2.29. The van der Waals surface area contributed by atoms with Gasteiger partial charge in [-0.1, -0.05) is 35.4 Å². The maximum atomic E-state index is 12.0. The minimum atomic E-state index is -3.33. The molecule has 18 heavy (non-hydrogen) atoms. The second kappa shape index (κ2) is 8.18. The summed E-state index contributed by atoms with van der Waals surface area (Å²) in [5, 5.41) is 0. The lowest BCUT2D eigenvalue weighted by atomic mass is 10.2. The van der Waals surface area contributed by atoms with Crippen LogP contribution in [-0.4, -0.2) is 19.4 Å². The molecule has 0 atom stereocenters. The molecule has 0 saturated heterocycles. The lowest BCUT2D eigenvalue weighted by Gasteiger charge is -2.05. The Kier molecular flexibility index (Phi) is 7.67. The molecule has 0 aliphatic heterocycles. The summed E-state index contributed by atoms with van der Waals surface area (Å²) in [5.74, 6) is 0. The molecule has 0 aromatic carbocycles. The summed E-state index contributed by atoms with van der Waals surface area (Å²) in [7, 11) is -3.33. The lowest BCUT2D eigenvalue weighted by molar-refractivity contribution is 0.574. The second-order valence-corrected chi connectivity index (χ2v) is 9.42. The molecule has 0 unspecified atom stereocenters. The minimum Gasteiger partial charge on any atom is -0.211 e. The zero-order chi connectivity index (χ0) is 13.6. The van der Waals surface area contributed by atoms with Crippen LogP contribution in [0, 0.1) is 6.92 Å². The van der Waals surface area contributed by atoms with E-state index < -0.39 is 10.0 Å². The highest BCUT2D eigenvalue weighted by Gasteiger charge is 2.18. The Morgan fingerprint density at radius 3 is 2.56 bits per heavy atom. The van der Waals surface area contributed by atoms with Crippen molar-refractivity contribution in [3.05, 3.63) is 14.7 Å². The fraction of sp³-hybridized carbons (Fsp3) is 0.636. The monoisotopic (exact) mass is 465 g/mol. The van der Waals surface area contributed by atoms with Crippen LogP contribution in [0.15, 0.2) is 14.7 Å². The standard InChI is InChI=1S/C11H17BrINO2S2/c1-9-10(8-11(12)17-9)18(15,16)14-7-5-3-2-4-6-13/h8,14H,2-7H2,1H3. The van der Waals surface area contributed by atoms with Crippen LogP contribution in [0.5, 0.6) is 0 Å². The van der Waals surface area contributed by atoms with Crippen molar-refractivity contribution < 1.29 is 8.42 Å². The van der Waals surface area contributed by atoms with E-state index in [1.807, 2.05) is 6.92 Å². The third-order valence-corrected chi connectivity index (χ3v) is 6.52. The molecule has 3 nitrogen and oxygen atoms in total. The molecule has 1 rings (SSSR count). The lowest BCUT2D eigenvalue weighted by Crippen LogP contribution is -2.24. The number of rotatable bonds is 8. The van der Waals surface area contributed by atoms with Gasteiger partial charge in [0.15, 0.2) is 0 Å². The Labute approximate surface area is 135 Å². The summed E-state index contributed by atoms with van der Waals surface area (Å²) in [4.78, 5) is 1.21. The molecule has 1 aromatic heterocycles. The van der Waals surface area contributed by atoms with Crippen LogP contribution in [0.3, 0.4) is 0 Å². The van der Waals surface area contributed by atoms with Crippen LogP contribution in [0.25, 0.3) is 0 Å². The Hall–Kier alpha value is 0.820. The number of halogens is 2. The summed E-state index contributed by atoms with van der Waals surface area (Å²) in [6, 6.07) is 1.67. The number of nitrogens with one attached hydrogen (secondary N) is 1. The average Bonchev–Trinajstić information content (AvgIpc) is 2.63. The van der Waals surface area contributed by atoms with Gasteiger partial charge >= 0.3 is 0 Å². The van der Waals surface area contributed by atoms with Crippen molar-refractivity contribution in [2.75, 3.05) is 11.0 Å². The van der Waals surface area contributed by atoms with Gasteiger partial charge in [0.2, 0.25) is 10.0 Å². The first-order chi connectivity index (χ1) is 8.47. The van der Waals surface area contributed by atoms with E-state index in [4.69, 9.17) is 0 Å². The molecule has 0 amide bonds. The highest BCUT2D eigenvalue weighted by molar-refractivity contribution is 14.1. The zero-order valence-corrected chi connectivity index (χ0v) is 15.6. The Balaban J connectivity index is 2.43.